The number of nitrogens with zero attached hydrogens (tertiary/aromatic N) is 2. The van der Waals surface area contributed by atoms with Gasteiger partial charge in [0.05, 0.1) is 0 Å². The largest absolute Gasteiger partial charge is 0.338 e. The number of urea groups is 1. The summed E-state index contributed by atoms with van der Waals surface area (Å²) in [5.41, 5.74) is -0.754. The van der Waals surface area contributed by atoms with Crippen LogP contribution < -0.4 is 10.6 Å². The smallest absolute Gasteiger partial charge is 0.325 e. The Kier molecular flexibility index (Phi) is 5.32. The quantitative estimate of drug-likeness (QED) is 0.731. The van der Waals surface area contributed by atoms with Crippen LogP contribution in [0.4, 0.5) is 4.79 Å². The van der Waals surface area contributed by atoms with Gasteiger partial charge in [-0.05, 0) is 52.1 Å². The van der Waals surface area contributed by atoms with Crippen molar-refractivity contribution in [2.75, 3.05) is 19.6 Å². The lowest BCUT2D eigenvalue weighted by Crippen LogP contribution is -2.55. The Morgan fingerprint density at radius 2 is 1.92 bits per heavy atom. The van der Waals surface area contributed by atoms with E-state index in [-0.39, 0.29) is 17.9 Å². The van der Waals surface area contributed by atoms with E-state index in [0.29, 0.717) is 19.4 Å². The lowest BCUT2D eigenvalue weighted by atomic mass is 9.97. The van der Waals surface area contributed by atoms with Gasteiger partial charge in [-0.15, -0.1) is 0 Å². The predicted octanol–water partition coefficient (Wildman–Crippen LogP) is 1.23. The Bertz CT molecular complexity index is 538. The van der Waals surface area contributed by atoms with Crippen molar-refractivity contribution in [3.63, 3.8) is 0 Å². The first-order chi connectivity index (χ1) is 12.0. The topological polar surface area (TPSA) is 81.8 Å². The molecule has 1 unspecified atom stereocenters. The summed E-state index contributed by atoms with van der Waals surface area (Å²) in [6.07, 6.45) is 5.96. The summed E-state index contributed by atoms with van der Waals surface area (Å²) in [6, 6.07) is -0.958. The van der Waals surface area contributed by atoms with Crippen LogP contribution in [0.1, 0.15) is 58.8 Å². The van der Waals surface area contributed by atoms with E-state index in [9.17, 15) is 14.4 Å². The lowest BCUT2D eigenvalue weighted by Gasteiger charge is -2.37. The molecule has 3 aliphatic rings. The summed E-state index contributed by atoms with van der Waals surface area (Å²) in [6.45, 7) is 6.21. The molecule has 4 amide bonds. The molecule has 0 aromatic heterocycles. The van der Waals surface area contributed by atoms with Gasteiger partial charge in [0.1, 0.15) is 11.6 Å². The van der Waals surface area contributed by atoms with Crippen molar-refractivity contribution >= 4 is 17.8 Å². The number of hydrogen-bond acceptors (Lipinski definition) is 4. The molecule has 2 N–H and O–H groups in total. The minimum absolute atomic E-state index is 0.104. The summed E-state index contributed by atoms with van der Waals surface area (Å²) in [7, 11) is 0. The molecule has 7 heteroatoms. The highest BCUT2D eigenvalue weighted by Crippen LogP contribution is 2.36. The van der Waals surface area contributed by atoms with E-state index >= 15 is 0 Å². The van der Waals surface area contributed by atoms with E-state index < -0.39 is 17.6 Å². The molecule has 25 heavy (non-hydrogen) atoms. The molecular weight excluding hydrogens is 320 g/mol. The second kappa shape index (κ2) is 7.32. The summed E-state index contributed by atoms with van der Waals surface area (Å²) >= 11 is 0. The first-order valence-corrected chi connectivity index (χ1v) is 9.67. The fourth-order valence-corrected chi connectivity index (χ4v) is 4.49. The molecule has 1 saturated carbocycles. The van der Waals surface area contributed by atoms with Gasteiger partial charge in [0.2, 0.25) is 5.91 Å². The number of hydrogen-bond donors (Lipinski definition) is 2. The van der Waals surface area contributed by atoms with Gasteiger partial charge in [-0.3, -0.25) is 9.59 Å². The molecule has 3 rings (SSSR count). The number of amides is 4. The van der Waals surface area contributed by atoms with E-state index in [2.05, 4.69) is 10.6 Å². The molecule has 0 aromatic rings. The summed E-state index contributed by atoms with van der Waals surface area (Å²) in [5.74, 6) is -0.315. The van der Waals surface area contributed by atoms with Crippen LogP contribution >= 0.6 is 0 Å². The van der Waals surface area contributed by atoms with Crippen LogP contribution in [0.5, 0.6) is 0 Å². The van der Waals surface area contributed by atoms with Gasteiger partial charge in [0.25, 0.3) is 5.91 Å². The van der Waals surface area contributed by atoms with Crippen molar-refractivity contribution in [3.8, 4) is 0 Å². The van der Waals surface area contributed by atoms with E-state index in [1.807, 2.05) is 11.8 Å². The van der Waals surface area contributed by atoms with Gasteiger partial charge in [-0.25, -0.2) is 9.69 Å². The van der Waals surface area contributed by atoms with E-state index in [1.165, 1.54) is 4.90 Å². The van der Waals surface area contributed by atoms with Crippen LogP contribution in [0.15, 0.2) is 0 Å². The first kappa shape index (κ1) is 18.2. The zero-order valence-electron chi connectivity index (χ0n) is 15.3. The van der Waals surface area contributed by atoms with Gasteiger partial charge in [-0.1, -0.05) is 19.8 Å². The maximum absolute atomic E-state index is 13.1. The van der Waals surface area contributed by atoms with Crippen LogP contribution in [0, 0.1) is 0 Å². The molecule has 1 atom stereocenters. The molecule has 1 aliphatic carbocycles. The molecule has 2 aliphatic heterocycles. The zero-order chi connectivity index (χ0) is 18.0. The van der Waals surface area contributed by atoms with Gasteiger partial charge >= 0.3 is 6.03 Å². The summed E-state index contributed by atoms with van der Waals surface area (Å²) < 4.78 is 0. The average molecular weight is 350 g/mol. The van der Waals surface area contributed by atoms with Crippen LogP contribution in [0.25, 0.3) is 0 Å². The third kappa shape index (κ3) is 3.26. The van der Waals surface area contributed by atoms with Crippen molar-refractivity contribution < 1.29 is 14.4 Å². The van der Waals surface area contributed by atoms with Crippen molar-refractivity contribution in [2.45, 2.75) is 76.4 Å². The minimum Gasteiger partial charge on any atom is -0.338 e. The molecule has 3 fully saturated rings. The molecule has 2 saturated heterocycles. The second-order valence-corrected chi connectivity index (χ2v) is 7.58. The van der Waals surface area contributed by atoms with Crippen molar-refractivity contribution in [3.05, 3.63) is 0 Å². The number of carbonyl (C=O) groups excluding carboxylic acids is 3. The number of nitrogens with one attached hydrogen (secondary N) is 2. The molecule has 0 radical (unpaired) electrons. The highest BCUT2D eigenvalue weighted by Gasteiger charge is 2.55. The molecule has 7 nitrogen and oxygen atoms in total. The standard InChI is InChI=1S/C18H30N4O3/c1-3-12-21(14-6-10-19-11-7-14)15(23)13(2)22-16(24)18(20-17(22)25)8-4-5-9-18/h13-14,19H,3-12H2,1-2H3,(H,20,25). The van der Waals surface area contributed by atoms with E-state index in [1.54, 1.807) is 6.92 Å². The monoisotopic (exact) mass is 350 g/mol. The molecule has 140 valence electrons. The van der Waals surface area contributed by atoms with Gasteiger partial charge < -0.3 is 15.5 Å². The molecule has 2 heterocycles. The van der Waals surface area contributed by atoms with Crippen LogP contribution in [0.3, 0.4) is 0 Å². The molecule has 1 spiro atoms. The fraction of sp³-hybridized carbons (Fsp3) is 0.833. The maximum atomic E-state index is 13.1. The fourth-order valence-electron chi connectivity index (χ4n) is 4.49. The lowest BCUT2D eigenvalue weighted by molar-refractivity contribution is -0.144. The Balaban J connectivity index is 1.75. The third-order valence-electron chi connectivity index (χ3n) is 5.89. The van der Waals surface area contributed by atoms with Crippen LogP contribution in [0.2, 0.25) is 0 Å². The Morgan fingerprint density at radius 1 is 1.28 bits per heavy atom. The van der Waals surface area contributed by atoms with Crippen molar-refractivity contribution in [2.24, 2.45) is 0 Å². The molecular formula is C18H30N4O3. The summed E-state index contributed by atoms with van der Waals surface area (Å²) in [4.78, 5) is 41.6. The number of rotatable bonds is 5. The van der Waals surface area contributed by atoms with Crippen LogP contribution in [-0.4, -0.2) is 64.9 Å². The Hall–Kier alpha value is -1.63. The Labute approximate surface area is 149 Å². The highest BCUT2D eigenvalue weighted by atomic mass is 16.2. The van der Waals surface area contributed by atoms with E-state index in [4.69, 9.17) is 0 Å². The first-order valence-electron chi connectivity index (χ1n) is 9.67. The molecule has 0 aromatic carbocycles. The second-order valence-electron chi connectivity index (χ2n) is 7.58. The minimum atomic E-state index is -0.754. The normalized spacial score (nSPS) is 24.6. The SMILES string of the molecule is CCCN(C(=O)C(C)N1C(=O)NC2(CCCC2)C1=O)C1CCNCC1. The van der Waals surface area contributed by atoms with Gasteiger partial charge in [0, 0.05) is 12.6 Å². The Morgan fingerprint density at radius 3 is 2.52 bits per heavy atom. The third-order valence-corrected chi connectivity index (χ3v) is 5.89. The maximum Gasteiger partial charge on any atom is 0.325 e. The average Bonchev–Trinajstić information content (AvgIpc) is 3.18. The number of carbonyl (C=O) groups is 3. The predicted molar refractivity (Wildman–Crippen MR) is 93.9 cm³/mol. The summed E-state index contributed by atoms with van der Waals surface area (Å²) in [5, 5.41) is 6.19. The van der Waals surface area contributed by atoms with Gasteiger partial charge in [-0.2, -0.15) is 0 Å². The van der Waals surface area contributed by atoms with E-state index in [0.717, 1.165) is 45.2 Å². The highest BCUT2D eigenvalue weighted by molar-refractivity contribution is 6.10. The van der Waals surface area contributed by atoms with Crippen molar-refractivity contribution in [1.82, 2.24) is 20.4 Å². The van der Waals surface area contributed by atoms with Crippen molar-refractivity contribution in [1.29, 1.82) is 0 Å². The van der Waals surface area contributed by atoms with Crippen LogP contribution in [-0.2, 0) is 9.59 Å². The molecule has 0 bridgehead atoms. The zero-order valence-corrected chi connectivity index (χ0v) is 15.3. The van der Waals surface area contributed by atoms with Gasteiger partial charge in [0.15, 0.2) is 0 Å². The number of piperidine rings is 1. The number of imide groups is 1.